The lowest BCUT2D eigenvalue weighted by Gasteiger charge is -2.44. The van der Waals surface area contributed by atoms with Crippen LogP contribution >= 0.6 is 15.9 Å². The van der Waals surface area contributed by atoms with Crippen molar-refractivity contribution in [3.63, 3.8) is 0 Å². The second-order valence-electron chi connectivity index (χ2n) is 7.95. The van der Waals surface area contributed by atoms with E-state index >= 15 is 0 Å². The number of nitrogens with zero attached hydrogens (tertiary/aromatic N) is 1. The number of benzene rings is 2. The minimum atomic E-state index is -3.60. The smallest absolute Gasteiger partial charge is 0.243 e. The Balaban J connectivity index is 1.48. The van der Waals surface area contributed by atoms with Gasteiger partial charge in [0.1, 0.15) is 0 Å². The van der Waals surface area contributed by atoms with Crippen LogP contribution in [-0.2, 0) is 20.4 Å². The third-order valence-electron chi connectivity index (χ3n) is 6.10. The van der Waals surface area contributed by atoms with Gasteiger partial charge in [0.2, 0.25) is 15.9 Å². The van der Waals surface area contributed by atoms with Crippen LogP contribution in [0.5, 0.6) is 0 Å². The highest BCUT2D eigenvalue weighted by molar-refractivity contribution is 9.10. The molecule has 7 heteroatoms. The van der Waals surface area contributed by atoms with Crippen molar-refractivity contribution < 1.29 is 13.2 Å². The average molecular weight is 477 g/mol. The molecule has 0 aromatic heterocycles. The minimum Gasteiger partial charge on any atom is -0.346 e. The molecular formula is C22H25BrN2O3S. The van der Waals surface area contributed by atoms with E-state index in [2.05, 4.69) is 33.4 Å². The molecule has 1 unspecified atom stereocenters. The first-order chi connectivity index (χ1) is 13.9. The van der Waals surface area contributed by atoms with Crippen LogP contribution in [0.25, 0.3) is 0 Å². The molecule has 1 heterocycles. The Hall–Kier alpha value is -1.70. The zero-order valence-electron chi connectivity index (χ0n) is 16.2. The van der Waals surface area contributed by atoms with Crippen molar-refractivity contribution in [1.29, 1.82) is 0 Å². The Bertz CT molecular complexity index is 973. The molecule has 0 bridgehead atoms. The predicted molar refractivity (Wildman–Crippen MR) is 116 cm³/mol. The van der Waals surface area contributed by atoms with E-state index in [1.165, 1.54) is 4.31 Å². The SMILES string of the molecule is O=C(NC1(c2ccccc2)CCC1)C1CCCN(S(=O)(=O)c2ccc(Br)cc2)C1. The molecule has 0 spiro atoms. The lowest BCUT2D eigenvalue weighted by molar-refractivity contribution is -0.129. The van der Waals surface area contributed by atoms with Gasteiger partial charge in [-0.2, -0.15) is 4.31 Å². The number of sulfonamides is 1. The van der Waals surface area contributed by atoms with E-state index < -0.39 is 10.0 Å². The maximum atomic E-state index is 13.1. The second-order valence-corrected chi connectivity index (χ2v) is 10.8. The van der Waals surface area contributed by atoms with Crippen LogP contribution in [-0.4, -0.2) is 31.7 Å². The van der Waals surface area contributed by atoms with E-state index in [4.69, 9.17) is 0 Å². The van der Waals surface area contributed by atoms with Crippen molar-refractivity contribution in [2.24, 2.45) is 5.92 Å². The molecule has 2 aromatic carbocycles. The highest BCUT2D eigenvalue weighted by atomic mass is 79.9. The Morgan fingerprint density at radius 1 is 1.03 bits per heavy atom. The number of rotatable bonds is 5. The van der Waals surface area contributed by atoms with Crippen molar-refractivity contribution in [2.45, 2.75) is 42.5 Å². The zero-order valence-corrected chi connectivity index (χ0v) is 18.6. The summed E-state index contributed by atoms with van der Waals surface area (Å²) in [7, 11) is -3.60. The number of hydrogen-bond acceptors (Lipinski definition) is 3. The van der Waals surface area contributed by atoms with Crippen LogP contribution in [0, 0.1) is 5.92 Å². The van der Waals surface area contributed by atoms with Crippen molar-refractivity contribution in [1.82, 2.24) is 9.62 Å². The van der Waals surface area contributed by atoms with Crippen molar-refractivity contribution in [2.75, 3.05) is 13.1 Å². The number of halogens is 1. The van der Waals surface area contributed by atoms with Crippen LogP contribution in [0.2, 0.25) is 0 Å². The predicted octanol–water partition coefficient (Wildman–Crippen LogP) is 4.05. The normalized spacial score (nSPS) is 21.9. The standard InChI is InChI=1S/C22H25BrN2O3S/c23-19-9-11-20(12-10-19)29(27,28)25-15-4-6-17(16-25)21(26)24-22(13-5-14-22)18-7-2-1-3-8-18/h1-3,7-12,17H,4-6,13-16H2,(H,24,26). The largest absolute Gasteiger partial charge is 0.346 e. The minimum absolute atomic E-state index is 0.0377. The quantitative estimate of drug-likeness (QED) is 0.707. The number of carbonyl (C=O) groups is 1. The van der Waals surface area contributed by atoms with E-state index in [-0.39, 0.29) is 28.8 Å². The summed E-state index contributed by atoms with van der Waals surface area (Å²) in [6.45, 7) is 0.682. The van der Waals surface area contributed by atoms with Crippen LogP contribution in [0.4, 0.5) is 0 Å². The molecule has 2 aromatic rings. The fourth-order valence-electron chi connectivity index (χ4n) is 4.24. The van der Waals surface area contributed by atoms with Gasteiger partial charge in [0.15, 0.2) is 0 Å². The Morgan fingerprint density at radius 2 is 1.72 bits per heavy atom. The van der Waals surface area contributed by atoms with Crippen LogP contribution in [0.15, 0.2) is 64.0 Å². The molecule has 2 aliphatic rings. The van der Waals surface area contributed by atoms with E-state index in [9.17, 15) is 13.2 Å². The molecule has 1 aliphatic carbocycles. The Labute approximate surface area is 180 Å². The molecule has 4 rings (SSSR count). The number of hydrogen-bond donors (Lipinski definition) is 1. The first-order valence-electron chi connectivity index (χ1n) is 10.0. The maximum Gasteiger partial charge on any atom is 0.243 e. The summed E-state index contributed by atoms with van der Waals surface area (Å²) in [5.41, 5.74) is 0.834. The Morgan fingerprint density at radius 3 is 2.34 bits per heavy atom. The molecule has 1 amide bonds. The zero-order chi connectivity index (χ0) is 20.5. The van der Waals surface area contributed by atoms with Crippen LogP contribution in [0.1, 0.15) is 37.7 Å². The van der Waals surface area contributed by atoms with Gasteiger partial charge in [-0.3, -0.25) is 4.79 Å². The topological polar surface area (TPSA) is 66.5 Å². The maximum absolute atomic E-state index is 13.1. The molecule has 154 valence electrons. The average Bonchev–Trinajstić information content (AvgIpc) is 2.71. The van der Waals surface area contributed by atoms with Crippen molar-refractivity contribution in [3.8, 4) is 0 Å². The molecule has 29 heavy (non-hydrogen) atoms. The molecule has 1 atom stereocenters. The van der Waals surface area contributed by atoms with Crippen molar-refractivity contribution >= 4 is 31.9 Å². The molecule has 2 fully saturated rings. The molecule has 1 N–H and O–H groups in total. The van der Waals surface area contributed by atoms with Crippen LogP contribution < -0.4 is 5.32 Å². The number of nitrogens with one attached hydrogen (secondary N) is 1. The summed E-state index contributed by atoms with van der Waals surface area (Å²) in [4.78, 5) is 13.4. The molecule has 1 saturated carbocycles. The van der Waals surface area contributed by atoms with Crippen molar-refractivity contribution in [3.05, 3.63) is 64.6 Å². The monoisotopic (exact) mass is 476 g/mol. The number of carbonyl (C=O) groups excluding carboxylic acids is 1. The first-order valence-corrected chi connectivity index (χ1v) is 12.3. The van der Waals surface area contributed by atoms with Gasteiger partial charge in [-0.15, -0.1) is 0 Å². The molecule has 1 aliphatic heterocycles. The summed E-state index contributed by atoms with van der Waals surface area (Å²) in [6, 6.07) is 16.7. The number of amides is 1. The second kappa shape index (κ2) is 8.20. The summed E-state index contributed by atoms with van der Waals surface area (Å²) < 4.78 is 28.3. The highest BCUT2D eigenvalue weighted by Crippen LogP contribution is 2.41. The summed E-state index contributed by atoms with van der Waals surface area (Å²) in [5.74, 6) is -0.362. The van der Waals surface area contributed by atoms with Gasteiger partial charge in [0, 0.05) is 17.6 Å². The van der Waals surface area contributed by atoms with E-state index in [1.54, 1.807) is 24.3 Å². The summed E-state index contributed by atoms with van der Waals surface area (Å²) in [6.07, 6.45) is 4.34. The van der Waals surface area contributed by atoms with E-state index in [0.29, 0.717) is 19.4 Å². The third-order valence-corrected chi connectivity index (χ3v) is 8.51. The van der Waals surface area contributed by atoms with Gasteiger partial charge in [-0.05, 0) is 61.9 Å². The van der Waals surface area contributed by atoms with Gasteiger partial charge < -0.3 is 5.32 Å². The number of piperidine rings is 1. The summed E-state index contributed by atoms with van der Waals surface area (Å²) >= 11 is 3.33. The molecular weight excluding hydrogens is 452 g/mol. The molecule has 0 radical (unpaired) electrons. The highest BCUT2D eigenvalue weighted by Gasteiger charge is 2.42. The molecule has 1 saturated heterocycles. The van der Waals surface area contributed by atoms with Gasteiger partial charge >= 0.3 is 0 Å². The van der Waals surface area contributed by atoms with Gasteiger partial charge in [-0.1, -0.05) is 46.3 Å². The third kappa shape index (κ3) is 4.13. The Kier molecular flexibility index (Phi) is 5.82. The van der Waals surface area contributed by atoms with Crippen LogP contribution in [0.3, 0.4) is 0 Å². The fourth-order valence-corrected chi connectivity index (χ4v) is 6.03. The van der Waals surface area contributed by atoms with E-state index in [1.807, 2.05) is 18.2 Å². The van der Waals surface area contributed by atoms with E-state index in [0.717, 1.165) is 29.3 Å². The lowest BCUT2D eigenvalue weighted by Crippen LogP contribution is -2.54. The van der Waals surface area contributed by atoms with Gasteiger partial charge in [0.05, 0.1) is 16.4 Å². The molecule has 5 nitrogen and oxygen atoms in total. The van der Waals surface area contributed by atoms with Gasteiger partial charge in [0.25, 0.3) is 0 Å². The van der Waals surface area contributed by atoms with Gasteiger partial charge in [-0.25, -0.2) is 8.42 Å². The lowest BCUT2D eigenvalue weighted by atomic mass is 9.71. The fraction of sp³-hybridized carbons (Fsp3) is 0.409. The summed E-state index contributed by atoms with van der Waals surface area (Å²) in [5, 5.41) is 3.27. The first kappa shape index (κ1) is 20.6.